The van der Waals surface area contributed by atoms with E-state index >= 15 is 0 Å². The maximum Gasteiger partial charge on any atom is 0.417 e. The summed E-state index contributed by atoms with van der Waals surface area (Å²) in [6.07, 6.45) is 1.07. The van der Waals surface area contributed by atoms with E-state index in [1.165, 1.54) is 0 Å². The Kier molecular flexibility index (Phi) is 7.03. The van der Waals surface area contributed by atoms with E-state index in [4.69, 9.17) is 4.74 Å². The number of hydrogen-bond acceptors (Lipinski definition) is 5. The van der Waals surface area contributed by atoms with E-state index in [2.05, 4.69) is 17.2 Å². The summed E-state index contributed by atoms with van der Waals surface area (Å²) in [7, 11) is 0. The van der Waals surface area contributed by atoms with Crippen molar-refractivity contribution < 1.29 is 27.8 Å². The molecule has 0 spiro atoms. The van der Waals surface area contributed by atoms with E-state index in [0.717, 1.165) is 37.9 Å². The average molecular weight is 470 g/mol. The molecule has 2 aliphatic heterocycles. The number of carbonyl (C=O) groups is 1. The molecule has 3 heterocycles. The van der Waals surface area contributed by atoms with Crippen LogP contribution in [0.5, 0.6) is 0 Å². The minimum absolute atomic E-state index is 0.0274. The van der Waals surface area contributed by atoms with Crippen molar-refractivity contribution in [2.75, 3.05) is 19.8 Å². The van der Waals surface area contributed by atoms with Crippen molar-refractivity contribution in [1.82, 2.24) is 15.2 Å². The van der Waals surface area contributed by atoms with Gasteiger partial charge in [-0.25, -0.2) is 0 Å². The van der Waals surface area contributed by atoms with Crippen LogP contribution in [0.15, 0.2) is 12.3 Å². The summed E-state index contributed by atoms with van der Waals surface area (Å²) in [5.41, 5.74) is -0.583. The van der Waals surface area contributed by atoms with Gasteiger partial charge in [0.15, 0.2) is 0 Å². The SMILES string of the molecule is CCCC1C[C@@H](NC2CCOCC2(C)O)C[C@H]1C(=O)N1CCc2ncc(C(F)(F)F)cc2C1. The minimum Gasteiger partial charge on any atom is -0.386 e. The maximum atomic E-state index is 13.5. The van der Waals surface area contributed by atoms with Crippen LogP contribution >= 0.6 is 0 Å². The van der Waals surface area contributed by atoms with Crippen LogP contribution < -0.4 is 5.32 Å². The van der Waals surface area contributed by atoms with Crippen molar-refractivity contribution in [3.63, 3.8) is 0 Å². The molecule has 9 heteroatoms. The van der Waals surface area contributed by atoms with Crippen LogP contribution in [-0.4, -0.2) is 58.3 Å². The van der Waals surface area contributed by atoms with Crippen molar-refractivity contribution in [3.05, 3.63) is 29.1 Å². The Balaban J connectivity index is 1.45. The minimum atomic E-state index is -4.45. The van der Waals surface area contributed by atoms with Gasteiger partial charge in [-0.1, -0.05) is 13.3 Å². The number of halogens is 3. The van der Waals surface area contributed by atoms with Crippen molar-refractivity contribution in [3.8, 4) is 0 Å². The summed E-state index contributed by atoms with van der Waals surface area (Å²) < 4.78 is 44.8. The standard InChI is InChI=1S/C24H34F3N3O3/c1-3-4-15-10-18(29-21-6-8-33-14-23(21,2)32)11-19(15)22(31)30-7-5-20-16(13-30)9-17(12-28-20)24(25,26)27/h9,12,15,18-19,21,29,32H,3-8,10-11,13-14H2,1-2H3/t15?,18-,19-,21?,23?/m1/s1. The smallest absolute Gasteiger partial charge is 0.386 e. The van der Waals surface area contributed by atoms with Crippen LogP contribution in [0.4, 0.5) is 13.2 Å². The summed E-state index contributed by atoms with van der Waals surface area (Å²) in [6, 6.07) is 1.18. The van der Waals surface area contributed by atoms with Gasteiger partial charge in [0.25, 0.3) is 0 Å². The van der Waals surface area contributed by atoms with Crippen molar-refractivity contribution in [1.29, 1.82) is 0 Å². The van der Waals surface area contributed by atoms with E-state index in [1.54, 1.807) is 11.8 Å². The van der Waals surface area contributed by atoms with Crippen LogP contribution in [-0.2, 0) is 28.7 Å². The lowest BCUT2D eigenvalue weighted by Crippen LogP contribution is -2.57. The molecule has 3 aliphatic rings. The first-order chi connectivity index (χ1) is 15.6. The fraction of sp³-hybridized carbons (Fsp3) is 0.750. The quantitative estimate of drug-likeness (QED) is 0.692. The molecule has 1 amide bonds. The number of carbonyl (C=O) groups excluding carboxylic acids is 1. The molecule has 0 aromatic carbocycles. The first-order valence-corrected chi connectivity index (χ1v) is 12.0. The highest BCUT2D eigenvalue weighted by Gasteiger charge is 2.44. The zero-order valence-electron chi connectivity index (χ0n) is 19.3. The molecule has 1 aliphatic carbocycles. The molecule has 0 radical (unpaired) electrons. The Labute approximate surface area is 192 Å². The van der Waals surface area contributed by atoms with Crippen molar-refractivity contribution in [2.45, 2.75) is 82.8 Å². The third kappa shape index (κ3) is 5.35. The number of ether oxygens (including phenoxy) is 1. The monoisotopic (exact) mass is 469 g/mol. The number of aromatic nitrogens is 1. The molecule has 1 saturated heterocycles. The Morgan fingerprint density at radius 2 is 2.18 bits per heavy atom. The molecule has 4 rings (SSSR count). The Bertz CT molecular complexity index is 861. The highest BCUT2D eigenvalue weighted by Crippen LogP contribution is 2.39. The molecule has 2 N–H and O–H groups in total. The fourth-order valence-corrected chi connectivity index (χ4v) is 5.70. The molecule has 184 valence electrons. The number of amides is 1. The second-order valence-electron chi connectivity index (χ2n) is 10.1. The summed E-state index contributed by atoms with van der Waals surface area (Å²) >= 11 is 0. The lowest BCUT2D eigenvalue weighted by molar-refractivity contribution is -0.138. The van der Waals surface area contributed by atoms with E-state index in [-0.39, 0.29) is 36.4 Å². The van der Waals surface area contributed by atoms with Gasteiger partial charge in [0.1, 0.15) is 5.60 Å². The number of alkyl halides is 3. The van der Waals surface area contributed by atoms with Gasteiger partial charge in [-0.15, -0.1) is 0 Å². The summed E-state index contributed by atoms with van der Waals surface area (Å²) in [4.78, 5) is 19.3. The average Bonchev–Trinajstić information content (AvgIpc) is 3.16. The van der Waals surface area contributed by atoms with Gasteiger partial charge in [-0.3, -0.25) is 9.78 Å². The van der Waals surface area contributed by atoms with E-state index in [9.17, 15) is 23.1 Å². The van der Waals surface area contributed by atoms with Crippen LogP contribution in [0.2, 0.25) is 0 Å². The Morgan fingerprint density at radius 3 is 2.88 bits per heavy atom. The number of nitrogens with zero attached hydrogens (tertiary/aromatic N) is 2. The topological polar surface area (TPSA) is 74.7 Å². The number of rotatable bonds is 5. The van der Waals surface area contributed by atoms with Crippen LogP contribution in [0, 0.1) is 11.8 Å². The summed E-state index contributed by atoms with van der Waals surface area (Å²) in [6.45, 7) is 5.42. The van der Waals surface area contributed by atoms with Crippen LogP contribution in [0.1, 0.15) is 62.8 Å². The number of nitrogens with one attached hydrogen (secondary N) is 1. The van der Waals surface area contributed by atoms with Gasteiger partial charge < -0.3 is 20.1 Å². The van der Waals surface area contributed by atoms with Gasteiger partial charge in [0.05, 0.1) is 12.2 Å². The molecule has 3 unspecified atom stereocenters. The number of pyridine rings is 1. The third-order valence-corrected chi connectivity index (χ3v) is 7.48. The van der Waals surface area contributed by atoms with Crippen molar-refractivity contribution in [2.24, 2.45) is 11.8 Å². The Morgan fingerprint density at radius 1 is 1.39 bits per heavy atom. The second kappa shape index (κ2) is 9.50. The molecule has 6 nitrogen and oxygen atoms in total. The largest absolute Gasteiger partial charge is 0.417 e. The molecule has 0 bridgehead atoms. The summed E-state index contributed by atoms with van der Waals surface area (Å²) in [5, 5.41) is 14.3. The number of hydrogen-bond donors (Lipinski definition) is 2. The summed E-state index contributed by atoms with van der Waals surface area (Å²) in [5.74, 6) is 0.0953. The predicted octanol–water partition coefficient (Wildman–Crippen LogP) is 3.31. The molecular formula is C24H34F3N3O3. The van der Waals surface area contributed by atoms with Crippen LogP contribution in [0.3, 0.4) is 0 Å². The van der Waals surface area contributed by atoms with Crippen LogP contribution in [0.25, 0.3) is 0 Å². The maximum absolute atomic E-state index is 13.5. The fourth-order valence-electron chi connectivity index (χ4n) is 5.70. The van der Waals surface area contributed by atoms with Gasteiger partial charge >= 0.3 is 6.18 Å². The predicted molar refractivity (Wildman–Crippen MR) is 116 cm³/mol. The normalized spacial score (nSPS) is 32.6. The highest BCUT2D eigenvalue weighted by molar-refractivity contribution is 5.80. The lowest BCUT2D eigenvalue weighted by Gasteiger charge is -2.39. The molecule has 2 fully saturated rings. The zero-order valence-corrected chi connectivity index (χ0v) is 19.3. The second-order valence-corrected chi connectivity index (χ2v) is 10.1. The molecular weight excluding hydrogens is 435 g/mol. The van der Waals surface area contributed by atoms with Gasteiger partial charge in [-0.05, 0) is 50.2 Å². The molecule has 1 aromatic heterocycles. The molecule has 5 atom stereocenters. The van der Waals surface area contributed by atoms with Gasteiger partial charge in [0, 0.05) is 56.0 Å². The highest BCUT2D eigenvalue weighted by atomic mass is 19.4. The first kappa shape index (κ1) is 24.4. The van der Waals surface area contributed by atoms with Gasteiger partial charge in [-0.2, -0.15) is 13.2 Å². The van der Waals surface area contributed by atoms with E-state index in [1.807, 2.05) is 0 Å². The van der Waals surface area contributed by atoms with Crippen molar-refractivity contribution >= 4 is 5.91 Å². The number of fused-ring (bicyclic) bond motifs is 1. The zero-order chi connectivity index (χ0) is 23.8. The molecule has 1 aromatic rings. The van der Waals surface area contributed by atoms with Gasteiger partial charge in [0.2, 0.25) is 5.91 Å². The lowest BCUT2D eigenvalue weighted by atomic mass is 9.90. The molecule has 1 saturated carbocycles. The third-order valence-electron chi connectivity index (χ3n) is 7.48. The van der Waals surface area contributed by atoms with E-state index in [0.29, 0.717) is 43.9 Å². The van der Waals surface area contributed by atoms with E-state index < -0.39 is 17.3 Å². The first-order valence-electron chi connectivity index (χ1n) is 12.0. The Hall–Kier alpha value is -1.71. The number of aliphatic hydroxyl groups is 1. The molecule has 33 heavy (non-hydrogen) atoms.